The van der Waals surface area contributed by atoms with E-state index >= 15 is 0 Å². The molecular formula is C19H20O2. The number of benzene rings is 2. The van der Waals surface area contributed by atoms with Crippen LogP contribution < -0.4 is 0 Å². The zero-order valence-corrected chi connectivity index (χ0v) is 12.3. The molecule has 2 aromatic rings. The van der Waals surface area contributed by atoms with Gasteiger partial charge in [0, 0.05) is 13.3 Å². The maximum Gasteiger partial charge on any atom is 0.307 e. The number of hydrogen-bond acceptors (Lipinski definition) is 2. The van der Waals surface area contributed by atoms with Crippen molar-refractivity contribution in [2.45, 2.75) is 26.2 Å². The summed E-state index contributed by atoms with van der Waals surface area (Å²) in [7, 11) is 0. The van der Waals surface area contributed by atoms with E-state index in [1.54, 1.807) is 0 Å². The Labute approximate surface area is 126 Å². The summed E-state index contributed by atoms with van der Waals surface area (Å²) in [5, 5.41) is 0. The molecule has 0 radical (unpaired) electrons. The first-order chi connectivity index (χ1) is 10.2. The molecule has 2 rings (SSSR count). The molecule has 0 aromatic heterocycles. The smallest absolute Gasteiger partial charge is 0.307 e. The second-order valence-corrected chi connectivity index (χ2v) is 4.94. The van der Waals surface area contributed by atoms with Crippen LogP contribution in [0.15, 0.2) is 72.5 Å². The zero-order valence-electron chi connectivity index (χ0n) is 12.3. The summed E-state index contributed by atoms with van der Waals surface area (Å²) < 4.78 is 5.32. The molecular weight excluding hydrogens is 260 g/mol. The normalized spacial score (nSPS) is 11.2. The Bertz CT molecular complexity index is 585. The van der Waals surface area contributed by atoms with Gasteiger partial charge in [-0.1, -0.05) is 60.7 Å². The number of aryl methyl sites for hydroxylation is 1. The molecule has 0 N–H and O–H groups in total. The number of esters is 1. The van der Waals surface area contributed by atoms with Crippen LogP contribution >= 0.6 is 0 Å². The number of hydrogen-bond donors (Lipinski definition) is 0. The van der Waals surface area contributed by atoms with E-state index in [9.17, 15) is 4.79 Å². The van der Waals surface area contributed by atoms with Gasteiger partial charge in [0.05, 0.1) is 0 Å². The van der Waals surface area contributed by atoms with Gasteiger partial charge in [-0.2, -0.15) is 0 Å². The fourth-order valence-corrected chi connectivity index (χ4v) is 2.14. The number of carbonyl (C=O) groups excluding carboxylic acids is 1. The molecule has 0 heterocycles. The van der Waals surface area contributed by atoms with E-state index < -0.39 is 0 Å². The van der Waals surface area contributed by atoms with Gasteiger partial charge in [-0.15, -0.1) is 0 Å². The van der Waals surface area contributed by atoms with E-state index in [0.717, 1.165) is 25.0 Å². The lowest BCUT2D eigenvalue weighted by Gasteiger charge is -2.08. The Morgan fingerprint density at radius 2 is 1.52 bits per heavy atom. The predicted octanol–water partition coefficient (Wildman–Crippen LogP) is 4.31. The fourth-order valence-electron chi connectivity index (χ4n) is 2.14. The fraction of sp³-hybridized carbons (Fsp3) is 0.211. The van der Waals surface area contributed by atoms with Gasteiger partial charge in [0.15, 0.2) is 0 Å². The second kappa shape index (κ2) is 8.05. The van der Waals surface area contributed by atoms with E-state index in [4.69, 9.17) is 4.74 Å². The minimum Gasteiger partial charge on any atom is -0.432 e. The van der Waals surface area contributed by atoms with Crippen LogP contribution in [-0.4, -0.2) is 5.97 Å². The van der Waals surface area contributed by atoms with Crippen molar-refractivity contribution in [3.05, 3.63) is 83.6 Å². The van der Waals surface area contributed by atoms with Gasteiger partial charge in [-0.25, -0.2) is 0 Å². The molecule has 2 heteroatoms. The Morgan fingerprint density at radius 1 is 0.952 bits per heavy atom. The summed E-state index contributed by atoms with van der Waals surface area (Å²) in [4.78, 5) is 11.2. The molecule has 0 saturated carbocycles. The standard InChI is InChI=1S/C19H20O2/c1-16(20)21-19(14-12-17-8-4-2-5-9-17)15-13-18-10-6-3-7-11-18/h2-11,14H,12-13,15H2,1H3/b19-14-. The van der Waals surface area contributed by atoms with Gasteiger partial charge < -0.3 is 4.74 Å². The molecule has 0 aliphatic rings. The minimum absolute atomic E-state index is 0.262. The Hall–Kier alpha value is -2.35. The van der Waals surface area contributed by atoms with Crippen LogP contribution in [0.2, 0.25) is 0 Å². The molecule has 0 bridgehead atoms. The highest BCUT2D eigenvalue weighted by Crippen LogP contribution is 2.12. The first kappa shape index (κ1) is 15.0. The molecule has 0 fully saturated rings. The molecule has 0 saturated heterocycles. The third-order valence-corrected chi connectivity index (χ3v) is 3.19. The van der Waals surface area contributed by atoms with E-state index in [1.807, 2.05) is 42.5 Å². The van der Waals surface area contributed by atoms with E-state index in [2.05, 4.69) is 24.3 Å². The Kier molecular flexibility index (Phi) is 5.77. The van der Waals surface area contributed by atoms with Crippen LogP contribution in [0.5, 0.6) is 0 Å². The van der Waals surface area contributed by atoms with Crippen molar-refractivity contribution >= 4 is 5.97 Å². The highest BCUT2D eigenvalue weighted by atomic mass is 16.5. The van der Waals surface area contributed by atoms with Crippen molar-refractivity contribution in [1.29, 1.82) is 0 Å². The Morgan fingerprint density at radius 3 is 2.10 bits per heavy atom. The third kappa shape index (κ3) is 5.65. The highest BCUT2D eigenvalue weighted by molar-refractivity contribution is 5.67. The molecule has 0 aliphatic carbocycles. The quantitative estimate of drug-likeness (QED) is 0.582. The van der Waals surface area contributed by atoms with Crippen molar-refractivity contribution < 1.29 is 9.53 Å². The van der Waals surface area contributed by atoms with Gasteiger partial charge in [0.1, 0.15) is 5.76 Å². The number of carbonyl (C=O) groups is 1. The van der Waals surface area contributed by atoms with Gasteiger partial charge in [0.25, 0.3) is 0 Å². The Balaban J connectivity index is 1.98. The second-order valence-electron chi connectivity index (χ2n) is 4.94. The van der Waals surface area contributed by atoms with Crippen LogP contribution in [0.3, 0.4) is 0 Å². The molecule has 108 valence electrons. The van der Waals surface area contributed by atoms with Crippen molar-refractivity contribution in [3.8, 4) is 0 Å². The monoisotopic (exact) mass is 280 g/mol. The number of ether oxygens (including phenoxy) is 1. The number of allylic oxidation sites excluding steroid dienone is 2. The molecule has 0 aliphatic heterocycles. The van der Waals surface area contributed by atoms with E-state index in [1.165, 1.54) is 18.1 Å². The number of rotatable bonds is 6. The van der Waals surface area contributed by atoms with Gasteiger partial charge in [-0.3, -0.25) is 4.79 Å². The summed E-state index contributed by atoms with van der Waals surface area (Å²) in [5.74, 6) is 0.484. The lowest BCUT2D eigenvalue weighted by molar-refractivity contribution is -0.137. The van der Waals surface area contributed by atoms with E-state index in [0.29, 0.717) is 0 Å². The minimum atomic E-state index is -0.262. The van der Waals surface area contributed by atoms with Crippen LogP contribution in [0.1, 0.15) is 24.5 Å². The van der Waals surface area contributed by atoms with Crippen molar-refractivity contribution in [1.82, 2.24) is 0 Å². The van der Waals surface area contributed by atoms with Crippen molar-refractivity contribution in [3.63, 3.8) is 0 Å². The average molecular weight is 280 g/mol. The summed E-state index contributed by atoms with van der Waals surface area (Å²) in [6.07, 6.45) is 4.38. The maximum atomic E-state index is 11.2. The highest BCUT2D eigenvalue weighted by Gasteiger charge is 2.03. The first-order valence-electron chi connectivity index (χ1n) is 7.19. The summed E-state index contributed by atoms with van der Waals surface area (Å²) in [5.41, 5.74) is 2.46. The molecule has 0 atom stereocenters. The SMILES string of the molecule is CC(=O)O/C(=C\Cc1ccccc1)CCc1ccccc1. The lowest BCUT2D eigenvalue weighted by Crippen LogP contribution is -2.01. The zero-order chi connectivity index (χ0) is 14.9. The summed E-state index contributed by atoms with van der Waals surface area (Å²) in [6.45, 7) is 1.44. The first-order valence-corrected chi connectivity index (χ1v) is 7.19. The van der Waals surface area contributed by atoms with Gasteiger partial charge >= 0.3 is 5.97 Å². The van der Waals surface area contributed by atoms with Crippen LogP contribution in [0, 0.1) is 0 Å². The molecule has 0 spiro atoms. The van der Waals surface area contributed by atoms with E-state index in [-0.39, 0.29) is 5.97 Å². The van der Waals surface area contributed by atoms with Crippen molar-refractivity contribution in [2.75, 3.05) is 0 Å². The van der Waals surface area contributed by atoms with Crippen molar-refractivity contribution in [2.24, 2.45) is 0 Å². The molecule has 0 amide bonds. The average Bonchev–Trinajstić information content (AvgIpc) is 2.51. The maximum absolute atomic E-state index is 11.2. The molecule has 2 nitrogen and oxygen atoms in total. The third-order valence-electron chi connectivity index (χ3n) is 3.19. The van der Waals surface area contributed by atoms with Gasteiger partial charge in [-0.05, 0) is 30.0 Å². The van der Waals surface area contributed by atoms with Crippen LogP contribution in [0.25, 0.3) is 0 Å². The van der Waals surface area contributed by atoms with Crippen LogP contribution in [-0.2, 0) is 22.4 Å². The summed E-state index contributed by atoms with van der Waals surface area (Å²) >= 11 is 0. The molecule has 0 unspecified atom stereocenters. The topological polar surface area (TPSA) is 26.3 Å². The van der Waals surface area contributed by atoms with Gasteiger partial charge in [0.2, 0.25) is 0 Å². The summed E-state index contributed by atoms with van der Waals surface area (Å²) in [6, 6.07) is 20.4. The lowest BCUT2D eigenvalue weighted by atomic mass is 10.1. The predicted molar refractivity (Wildman–Crippen MR) is 84.8 cm³/mol. The molecule has 21 heavy (non-hydrogen) atoms. The largest absolute Gasteiger partial charge is 0.432 e. The molecule has 2 aromatic carbocycles. The van der Waals surface area contributed by atoms with Crippen LogP contribution in [0.4, 0.5) is 0 Å².